The number of pyridine rings is 2. The van der Waals surface area contributed by atoms with Crippen LogP contribution in [0, 0.1) is 42.2 Å². The molecule has 2 unspecified atom stereocenters. The van der Waals surface area contributed by atoms with E-state index in [1.165, 1.54) is 24.8 Å². The fraction of sp³-hybridized carbons (Fsp3) is 0.368. The third-order valence-corrected chi connectivity index (χ3v) is 14.3. The van der Waals surface area contributed by atoms with Gasteiger partial charge in [-0.1, -0.05) is 61.9 Å². The van der Waals surface area contributed by atoms with Gasteiger partial charge in [-0.05, 0) is 159 Å². The van der Waals surface area contributed by atoms with Crippen LogP contribution in [0.5, 0.6) is 17.2 Å². The molecule has 0 saturated heterocycles. The van der Waals surface area contributed by atoms with Crippen molar-refractivity contribution in [3.63, 3.8) is 0 Å². The highest BCUT2D eigenvalue weighted by Crippen LogP contribution is 2.50. The summed E-state index contributed by atoms with van der Waals surface area (Å²) in [7, 11) is 3.01. The van der Waals surface area contributed by atoms with Crippen LogP contribution in [0.25, 0.3) is 22.3 Å². The Morgan fingerprint density at radius 3 is 1.59 bits per heavy atom. The Balaban J connectivity index is 0.000000170. The molecule has 0 radical (unpaired) electrons. The van der Waals surface area contributed by atoms with Crippen LogP contribution in [0.4, 0.5) is 8.78 Å². The molecule has 4 aromatic carbocycles. The van der Waals surface area contributed by atoms with Gasteiger partial charge in [-0.2, -0.15) is 0 Å². The van der Waals surface area contributed by atoms with Crippen LogP contribution in [-0.4, -0.2) is 41.2 Å². The molecule has 2 aliphatic heterocycles. The summed E-state index contributed by atoms with van der Waals surface area (Å²) in [6.45, 7) is 5.71. The number of carboxylic acid groups (broad SMARTS) is 1. The maximum absolute atomic E-state index is 14.3. The van der Waals surface area contributed by atoms with E-state index < -0.39 is 11.9 Å². The minimum atomic E-state index is -0.759. The van der Waals surface area contributed by atoms with Crippen molar-refractivity contribution >= 4 is 11.9 Å². The quantitative estimate of drug-likeness (QED) is 0.113. The summed E-state index contributed by atoms with van der Waals surface area (Å²) in [4.78, 5) is 33.2. The minimum Gasteiger partial charge on any atom is -0.497 e. The molecule has 2 aliphatic carbocycles. The van der Waals surface area contributed by atoms with E-state index in [1.54, 1.807) is 44.6 Å². The van der Waals surface area contributed by atoms with Crippen molar-refractivity contribution < 1.29 is 42.4 Å². The molecule has 4 heterocycles. The number of carboxylic acids is 1. The Bertz CT molecular complexity index is 2790. The van der Waals surface area contributed by atoms with E-state index in [0.29, 0.717) is 34.3 Å². The van der Waals surface area contributed by atoms with Gasteiger partial charge in [0.05, 0.1) is 37.4 Å². The summed E-state index contributed by atoms with van der Waals surface area (Å²) in [5.41, 5.74) is 9.56. The summed E-state index contributed by atoms with van der Waals surface area (Å²) in [6, 6.07) is 29.9. The zero-order valence-corrected chi connectivity index (χ0v) is 39.2. The Morgan fingerprint density at radius 2 is 1.13 bits per heavy atom. The van der Waals surface area contributed by atoms with Crippen molar-refractivity contribution in [2.75, 3.05) is 14.2 Å². The van der Waals surface area contributed by atoms with Crippen molar-refractivity contribution in [1.29, 1.82) is 0 Å². The number of aromatic nitrogens is 2. The van der Waals surface area contributed by atoms with Crippen LogP contribution in [0.1, 0.15) is 116 Å². The number of nitrogens with zero attached hydrogens (tertiary/aromatic N) is 2. The number of aryl methyl sites for hydroxylation is 3. The number of fused-ring (bicyclic) bond motifs is 2. The third kappa shape index (κ3) is 10.1. The average molecular weight is 921 g/mol. The number of aliphatic carboxylic acids is 1. The van der Waals surface area contributed by atoms with E-state index >= 15 is 0 Å². The van der Waals surface area contributed by atoms with E-state index in [2.05, 4.69) is 40.3 Å². The highest BCUT2D eigenvalue weighted by molar-refractivity contribution is 5.73. The zero-order valence-electron chi connectivity index (χ0n) is 39.2. The highest BCUT2D eigenvalue weighted by Gasteiger charge is 2.41. The van der Waals surface area contributed by atoms with Crippen LogP contribution >= 0.6 is 0 Å². The monoisotopic (exact) mass is 920 g/mol. The first-order valence-electron chi connectivity index (χ1n) is 23.8. The van der Waals surface area contributed by atoms with Gasteiger partial charge in [-0.3, -0.25) is 19.6 Å². The SMILES string of the molecule is COC(=O)[C@@H](C)[C@H](c1ccc2c(c1)OC(c1ccc(-c3cc(C)ccc3F)cn1)CC2)C1CC1.COc1ccc(F)c(-c2ccc(C3CCc4ccc([C@H](C5CC5)[C@H](C)C(=O)O)cc4O3)nc2)c1. The van der Waals surface area contributed by atoms with Gasteiger partial charge in [0.1, 0.15) is 41.1 Å². The molecule has 9 nitrogen and oxygen atoms in total. The standard InChI is InChI=1S/C29H30FNO3.C28H28FNO4/c1-17-4-11-24(30)23(14-17)22-9-12-25(31-16-22)26-13-10-19-5-8-21(15-27(19)34-26)28(20-6-7-20)18(2)29(32)33-3;1-16(28(31)32)27(18-4-5-18)19-6-3-17-8-12-25(34-26(17)13-19)24-11-7-20(15-30-24)22-14-21(33-2)9-10-23(22)29/h4-5,8-9,11-12,14-16,18,20,26,28H,6-7,10,13H2,1-3H3;3,6-7,9-11,13-16,18,25,27H,4-5,8,12H2,1-2H3,(H,31,32)/t18-,26?,28-;16-,25?,27-/m00/s1. The summed E-state index contributed by atoms with van der Waals surface area (Å²) in [5, 5.41) is 9.60. The summed E-state index contributed by atoms with van der Waals surface area (Å²) < 4.78 is 51.6. The zero-order chi connectivity index (χ0) is 47.6. The van der Waals surface area contributed by atoms with Gasteiger partial charge in [0.15, 0.2) is 0 Å². The molecule has 2 aromatic heterocycles. The summed E-state index contributed by atoms with van der Waals surface area (Å²) >= 11 is 0. The van der Waals surface area contributed by atoms with Crippen LogP contribution in [0.15, 0.2) is 109 Å². The number of halogens is 2. The predicted molar refractivity (Wildman–Crippen MR) is 256 cm³/mol. The third-order valence-electron chi connectivity index (χ3n) is 14.3. The number of ether oxygens (including phenoxy) is 4. The fourth-order valence-corrected chi connectivity index (χ4v) is 10.2. The number of carbonyl (C=O) groups is 2. The number of hydrogen-bond acceptors (Lipinski definition) is 8. The molecule has 0 bridgehead atoms. The number of benzene rings is 4. The van der Waals surface area contributed by atoms with Crippen molar-refractivity contribution in [3.8, 4) is 39.5 Å². The normalized spacial score (nSPS) is 19.0. The van der Waals surface area contributed by atoms with Crippen LogP contribution in [-0.2, 0) is 27.2 Å². The second-order valence-corrected chi connectivity index (χ2v) is 19.0. The largest absolute Gasteiger partial charge is 0.497 e. The number of rotatable bonds is 13. The summed E-state index contributed by atoms with van der Waals surface area (Å²) in [5.74, 6) is 1.23. The number of methoxy groups -OCH3 is 2. The molecule has 2 fully saturated rings. The van der Waals surface area contributed by atoms with Crippen LogP contribution in [0.3, 0.4) is 0 Å². The molecule has 352 valence electrons. The fourth-order valence-electron chi connectivity index (χ4n) is 10.2. The number of esters is 1. The van der Waals surface area contributed by atoms with Crippen molar-refractivity contribution in [2.45, 2.75) is 96.2 Å². The van der Waals surface area contributed by atoms with Crippen LogP contribution in [0.2, 0.25) is 0 Å². The van der Waals surface area contributed by atoms with Crippen molar-refractivity contribution in [2.24, 2.45) is 23.7 Å². The molecule has 6 aromatic rings. The van der Waals surface area contributed by atoms with E-state index in [-0.39, 0.29) is 47.6 Å². The first-order valence-corrected chi connectivity index (χ1v) is 23.8. The van der Waals surface area contributed by atoms with Crippen molar-refractivity contribution in [3.05, 3.63) is 160 Å². The lowest BCUT2D eigenvalue weighted by molar-refractivity contribution is -0.146. The second kappa shape index (κ2) is 19.9. The lowest BCUT2D eigenvalue weighted by atomic mass is 9.82. The minimum absolute atomic E-state index is 0.00180. The van der Waals surface area contributed by atoms with E-state index in [0.717, 1.165) is 102 Å². The molecule has 10 rings (SSSR count). The Kier molecular flexibility index (Phi) is 13.6. The molecule has 0 amide bonds. The molecule has 68 heavy (non-hydrogen) atoms. The van der Waals surface area contributed by atoms with E-state index in [1.807, 2.05) is 50.2 Å². The first kappa shape index (κ1) is 46.5. The summed E-state index contributed by atoms with van der Waals surface area (Å²) in [6.07, 6.45) is 10.9. The second-order valence-electron chi connectivity index (χ2n) is 19.0. The smallest absolute Gasteiger partial charge is 0.309 e. The van der Waals surface area contributed by atoms with Crippen molar-refractivity contribution in [1.82, 2.24) is 9.97 Å². The van der Waals surface area contributed by atoms with Gasteiger partial charge in [-0.25, -0.2) is 8.78 Å². The van der Waals surface area contributed by atoms with Gasteiger partial charge in [-0.15, -0.1) is 0 Å². The first-order chi connectivity index (χ1) is 32.9. The van der Waals surface area contributed by atoms with E-state index in [4.69, 9.17) is 18.9 Å². The number of carbonyl (C=O) groups excluding carboxylic acids is 1. The van der Waals surface area contributed by atoms with Gasteiger partial charge in [0.25, 0.3) is 0 Å². The van der Waals surface area contributed by atoms with Gasteiger partial charge in [0, 0.05) is 34.6 Å². The number of hydrogen-bond donors (Lipinski definition) is 1. The lowest BCUT2D eigenvalue weighted by Gasteiger charge is -2.28. The van der Waals surface area contributed by atoms with Gasteiger partial charge >= 0.3 is 11.9 Å². The molecule has 1 N–H and O–H groups in total. The Morgan fingerprint density at radius 1 is 0.632 bits per heavy atom. The van der Waals surface area contributed by atoms with Crippen LogP contribution < -0.4 is 14.2 Å². The molecule has 6 atom stereocenters. The topological polar surface area (TPSA) is 117 Å². The van der Waals surface area contributed by atoms with E-state index in [9.17, 15) is 23.5 Å². The predicted octanol–water partition coefficient (Wildman–Crippen LogP) is 12.7. The highest BCUT2D eigenvalue weighted by atomic mass is 19.1. The maximum atomic E-state index is 14.3. The molecule has 11 heteroatoms. The molecule has 2 saturated carbocycles. The molecular formula is C57H58F2N2O7. The Hall–Kier alpha value is -6.62. The molecule has 4 aliphatic rings. The maximum Gasteiger partial charge on any atom is 0.309 e. The molecular weight excluding hydrogens is 863 g/mol. The Labute approximate surface area is 396 Å². The average Bonchev–Trinajstić information content (AvgIpc) is 4.32. The van der Waals surface area contributed by atoms with Gasteiger partial charge < -0.3 is 24.1 Å². The lowest BCUT2D eigenvalue weighted by Crippen LogP contribution is -2.23. The van der Waals surface area contributed by atoms with Gasteiger partial charge in [0.2, 0.25) is 0 Å². The molecule has 0 spiro atoms.